The highest BCUT2D eigenvalue weighted by Gasteiger charge is 2.30. The van der Waals surface area contributed by atoms with E-state index < -0.39 is 14.3 Å². The Morgan fingerprint density at radius 3 is 2.29 bits per heavy atom. The number of hydrogen-bond acceptors (Lipinski definition) is 5. The summed E-state index contributed by atoms with van der Waals surface area (Å²) < 4.78 is 7.89. The summed E-state index contributed by atoms with van der Waals surface area (Å²) in [6.07, 6.45) is 0. The molecule has 1 atom stereocenters. The van der Waals surface area contributed by atoms with Gasteiger partial charge in [-0.2, -0.15) is 0 Å². The van der Waals surface area contributed by atoms with Gasteiger partial charge in [-0.25, -0.2) is 4.79 Å². The van der Waals surface area contributed by atoms with Gasteiger partial charge in [0.15, 0.2) is 8.30 Å². The quantitative estimate of drug-likeness (QED) is 0.384. The molecule has 0 bridgehead atoms. The Bertz CT molecular complexity index is 951. The Balaban J connectivity index is 0.00000233. The van der Waals surface area contributed by atoms with Crippen LogP contribution in [0.25, 0.3) is 0 Å². The predicted molar refractivity (Wildman–Crippen MR) is 133 cm³/mol. The molecule has 0 fully saturated rings. The minimum absolute atomic E-state index is 0.00890. The first kappa shape index (κ1) is 27.0. The zero-order valence-corrected chi connectivity index (χ0v) is 21.6. The van der Waals surface area contributed by atoms with Crippen molar-refractivity contribution in [3.63, 3.8) is 0 Å². The Kier molecular flexibility index (Phi) is 10.0. The topological polar surface area (TPSA) is 70.0 Å². The number of carbonyl (C=O) groups is 1. The standard InChI is InChI=1S/C22H28NO4PS.C2H6/c1-14(2)23(28(27-7)19-9-8-16(24)12-15(19)3)18-13-17(10-11-22(4,5)6)29-20(18)21(25)26;1-2/h8-9,12-14,24H,1-7H3,(H,25,26);1-2H3. The van der Waals surface area contributed by atoms with E-state index in [1.54, 1.807) is 19.2 Å². The summed E-state index contributed by atoms with van der Waals surface area (Å²) in [6.45, 7) is 16.0. The number of thiophene rings is 1. The number of nitrogens with zero attached hydrogens (tertiary/aromatic N) is 1. The molecule has 0 aliphatic heterocycles. The third kappa shape index (κ3) is 7.25. The maximum absolute atomic E-state index is 12.0. The number of benzene rings is 1. The first-order valence-electron chi connectivity index (χ1n) is 10.3. The maximum atomic E-state index is 12.0. The third-order valence-electron chi connectivity index (χ3n) is 3.96. The van der Waals surface area contributed by atoms with E-state index in [-0.39, 0.29) is 22.1 Å². The van der Waals surface area contributed by atoms with Crippen LogP contribution in [0.2, 0.25) is 0 Å². The molecule has 0 saturated heterocycles. The van der Waals surface area contributed by atoms with Crippen molar-refractivity contribution in [2.75, 3.05) is 11.8 Å². The van der Waals surface area contributed by atoms with Crippen LogP contribution in [0.3, 0.4) is 0 Å². The Morgan fingerprint density at radius 1 is 1.23 bits per heavy atom. The molecule has 1 aromatic carbocycles. The molecule has 0 aliphatic carbocycles. The highest BCUT2D eigenvalue weighted by Crippen LogP contribution is 2.48. The highest BCUT2D eigenvalue weighted by atomic mass is 32.1. The average molecular weight is 464 g/mol. The second-order valence-corrected chi connectivity index (χ2v) is 10.9. The molecule has 2 rings (SSSR count). The van der Waals surface area contributed by atoms with Gasteiger partial charge in [-0.05, 0) is 71.4 Å². The second kappa shape index (κ2) is 11.5. The Morgan fingerprint density at radius 2 is 1.84 bits per heavy atom. The molecular weight excluding hydrogens is 429 g/mol. The first-order valence-corrected chi connectivity index (χ1v) is 12.3. The van der Waals surface area contributed by atoms with Crippen molar-refractivity contribution in [3.8, 4) is 17.6 Å². The van der Waals surface area contributed by atoms with Crippen LogP contribution in [-0.4, -0.2) is 29.3 Å². The lowest BCUT2D eigenvalue weighted by Gasteiger charge is -2.35. The number of rotatable bonds is 6. The summed E-state index contributed by atoms with van der Waals surface area (Å²) in [4.78, 5) is 13.0. The predicted octanol–water partition coefficient (Wildman–Crippen LogP) is 6.38. The number of carboxylic acid groups (broad SMARTS) is 1. The maximum Gasteiger partial charge on any atom is 0.348 e. The van der Waals surface area contributed by atoms with Crippen LogP contribution in [0.5, 0.6) is 5.75 Å². The van der Waals surface area contributed by atoms with E-state index >= 15 is 0 Å². The van der Waals surface area contributed by atoms with Crippen LogP contribution < -0.4 is 9.97 Å². The molecule has 1 unspecified atom stereocenters. The largest absolute Gasteiger partial charge is 0.508 e. The Labute approximate surface area is 192 Å². The van der Waals surface area contributed by atoms with Gasteiger partial charge in [-0.15, -0.1) is 11.3 Å². The molecule has 0 aliphatic rings. The summed E-state index contributed by atoms with van der Waals surface area (Å²) in [5.74, 6) is 5.50. The van der Waals surface area contributed by atoms with Gasteiger partial charge in [0.2, 0.25) is 0 Å². The summed E-state index contributed by atoms with van der Waals surface area (Å²) in [5.41, 5.74) is 1.33. The van der Waals surface area contributed by atoms with Crippen molar-refractivity contribution in [1.82, 2.24) is 0 Å². The van der Waals surface area contributed by atoms with E-state index in [4.69, 9.17) is 4.52 Å². The van der Waals surface area contributed by atoms with Gasteiger partial charge in [0.05, 0.1) is 10.6 Å². The number of aromatic carboxylic acids is 1. The van der Waals surface area contributed by atoms with Gasteiger partial charge in [0.1, 0.15) is 10.6 Å². The second-order valence-electron chi connectivity index (χ2n) is 7.99. The molecule has 1 heterocycles. The number of carboxylic acids is 1. The molecule has 0 amide bonds. The van der Waals surface area contributed by atoms with Crippen molar-refractivity contribution < 1.29 is 19.5 Å². The summed E-state index contributed by atoms with van der Waals surface area (Å²) in [7, 11) is 0.317. The molecule has 1 aromatic heterocycles. The van der Waals surface area contributed by atoms with Crippen LogP contribution in [0.1, 0.15) is 68.6 Å². The number of aromatic hydroxyl groups is 1. The first-order chi connectivity index (χ1) is 14.4. The average Bonchev–Trinajstić information content (AvgIpc) is 3.10. The number of hydrogen-bond donors (Lipinski definition) is 2. The summed E-state index contributed by atoms with van der Waals surface area (Å²) in [5, 5.41) is 20.5. The molecule has 2 aromatic rings. The fourth-order valence-electron chi connectivity index (χ4n) is 2.76. The number of aryl methyl sites for hydroxylation is 1. The molecule has 31 heavy (non-hydrogen) atoms. The van der Waals surface area contributed by atoms with Crippen LogP contribution in [0.4, 0.5) is 5.69 Å². The van der Waals surface area contributed by atoms with Gasteiger partial charge in [0.25, 0.3) is 0 Å². The van der Waals surface area contributed by atoms with Gasteiger partial charge in [0, 0.05) is 23.9 Å². The molecule has 7 heteroatoms. The Hall–Kier alpha value is -2.06. The fraction of sp³-hybridized carbons (Fsp3) is 0.458. The normalized spacial score (nSPS) is 11.8. The highest BCUT2D eigenvalue weighted by molar-refractivity contribution is 7.62. The van der Waals surface area contributed by atoms with Gasteiger partial charge in [-0.3, -0.25) is 0 Å². The molecular formula is C24H34NO4PS. The van der Waals surface area contributed by atoms with Crippen LogP contribution >= 0.6 is 19.6 Å². The van der Waals surface area contributed by atoms with Gasteiger partial charge >= 0.3 is 5.97 Å². The van der Waals surface area contributed by atoms with Crippen molar-refractivity contribution in [1.29, 1.82) is 0 Å². The zero-order chi connectivity index (χ0) is 23.9. The smallest absolute Gasteiger partial charge is 0.348 e. The van der Waals surface area contributed by atoms with Crippen LogP contribution in [0, 0.1) is 24.2 Å². The molecule has 0 radical (unpaired) electrons. The van der Waals surface area contributed by atoms with Crippen molar-refractivity contribution in [3.05, 3.63) is 39.6 Å². The minimum atomic E-state index is -1.31. The molecule has 5 nitrogen and oxygen atoms in total. The minimum Gasteiger partial charge on any atom is -0.508 e. The summed E-state index contributed by atoms with van der Waals surface area (Å²) in [6, 6.07) is 6.99. The van der Waals surface area contributed by atoms with Crippen molar-refractivity contribution >= 4 is 36.6 Å². The van der Waals surface area contributed by atoms with Crippen LogP contribution in [-0.2, 0) is 4.52 Å². The third-order valence-corrected chi connectivity index (χ3v) is 7.31. The number of anilines is 1. The van der Waals surface area contributed by atoms with Gasteiger partial charge in [-0.1, -0.05) is 25.7 Å². The lowest BCUT2D eigenvalue weighted by molar-refractivity contribution is 0.0703. The molecule has 2 N–H and O–H groups in total. The SMILES string of the molecule is CC.COP(c1ccc(O)cc1C)N(c1cc(C#CC(C)(C)C)sc1C(=O)O)C(C)C. The number of phenolic OH excluding ortho intramolecular Hbond substituents is 1. The lowest BCUT2D eigenvalue weighted by atomic mass is 9.98. The fourth-order valence-corrected chi connectivity index (χ4v) is 5.61. The van der Waals surface area contributed by atoms with E-state index in [9.17, 15) is 15.0 Å². The summed E-state index contributed by atoms with van der Waals surface area (Å²) >= 11 is 1.18. The van der Waals surface area contributed by atoms with E-state index in [0.29, 0.717) is 10.6 Å². The van der Waals surface area contributed by atoms with E-state index in [2.05, 4.69) is 11.8 Å². The molecule has 0 saturated carbocycles. The zero-order valence-electron chi connectivity index (χ0n) is 19.9. The van der Waals surface area contributed by atoms with Crippen molar-refractivity contribution in [2.24, 2.45) is 5.41 Å². The van der Waals surface area contributed by atoms with E-state index in [1.165, 1.54) is 11.3 Å². The van der Waals surface area contributed by atoms with E-state index in [0.717, 1.165) is 10.9 Å². The van der Waals surface area contributed by atoms with E-state index in [1.807, 2.05) is 72.2 Å². The van der Waals surface area contributed by atoms with Crippen LogP contribution in [0.15, 0.2) is 24.3 Å². The lowest BCUT2D eigenvalue weighted by Crippen LogP contribution is -2.31. The molecule has 170 valence electrons. The van der Waals surface area contributed by atoms with Gasteiger partial charge < -0.3 is 19.4 Å². The van der Waals surface area contributed by atoms with Crippen molar-refractivity contribution in [2.45, 2.75) is 61.4 Å². The molecule has 0 spiro atoms. The number of phenols is 1. The monoisotopic (exact) mass is 463 g/mol.